The van der Waals surface area contributed by atoms with Crippen molar-refractivity contribution in [2.75, 3.05) is 21.3 Å². The maximum Gasteiger partial charge on any atom is 0.330 e. The van der Waals surface area contributed by atoms with Crippen LogP contribution < -0.4 is 14.2 Å². The second-order valence-electron chi connectivity index (χ2n) is 5.87. The van der Waals surface area contributed by atoms with Gasteiger partial charge in [0.15, 0.2) is 11.5 Å². The van der Waals surface area contributed by atoms with E-state index in [0.717, 1.165) is 32.1 Å². The van der Waals surface area contributed by atoms with E-state index in [1.165, 1.54) is 27.4 Å². The predicted molar refractivity (Wildman–Crippen MR) is 92.8 cm³/mol. The van der Waals surface area contributed by atoms with E-state index in [2.05, 4.69) is 4.74 Å². The first-order valence-electron chi connectivity index (χ1n) is 8.32. The van der Waals surface area contributed by atoms with Crippen LogP contribution in [0, 0.1) is 5.92 Å². The summed E-state index contributed by atoms with van der Waals surface area (Å²) in [6.07, 6.45) is 7.83. The summed E-state index contributed by atoms with van der Waals surface area (Å²) in [7, 11) is 4.28. The Morgan fingerprint density at radius 1 is 1.00 bits per heavy atom. The molecule has 0 aliphatic heterocycles. The van der Waals surface area contributed by atoms with Crippen molar-refractivity contribution in [1.29, 1.82) is 0 Å². The quantitative estimate of drug-likeness (QED) is 0.446. The lowest BCUT2D eigenvalue weighted by atomic mass is 9.89. The average molecular weight is 348 g/mol. The first-order valence-corrected chi connectivity index (χ1v) is 8.32. The maximum absolute atomic E-state index is 12.4. The highest BCUT2D eigenvalue weighted by Gasteiger charge is 2.25. The lowest BCUT2D eigenvalue weighted by Gasteiger charge is -2.21. The minimum atomic E-state index is -0.467. The number of benzene rings is 1. The fraction of sp³-hybridized carbons (Fsp3) is 0.474. The summed E-state index contributed by atoms with van der Waals surface area (Å²) in [5.74, 6) is 0.193. The summed E-state index contributed by atoms with van der Waals surface area (Å²) in [5.41, 5.74) is 0.663. The zero-order chi connectivity index (χ0) is 18.2. The van der Waals surface area contributed by atoms with Crippen LogP contribution in [0.1, 0.15) is 37.7 Å². The third-order valence-corrected chi connectivity index (χ3v) is 4.24. The zero-order valence-corrected chi connectivity index (χ0v) is 14.9. The fourth-order valence-corrected chi connectivity index (χ4v) is 2.85. The number of carbonyl (C=O) groups is 2. The van der Waals surface area contributed by atoms with E-state index in [-0.39, 0.29) is 17.6 Å². The summed E-state index contributed by atoms with van der Waals surface area (Å²) in [5, 5.41) is 0. The Kier molecular flexibility index (Phi) is 6.86. The van der Waals surface area contributed by atoms with E-state index in [4.69, 9.17) is 14.2 Å². The lowest BCUT2D eigenvalue weighted by molar-refractivity contribution is -0.140. The Bertz CT molecular complexity index is 618. The second kappa shape index (κ2) is 9.11. The van der Waals surface area contributed by atoms with Gasteiger partial charge in [-0.15, -0.1) is 0 Å². The number of methoxy groups -OCH3 is 3. The molecule has 0 saturated heterocycles. The molecular weight excluding hydrogens is 324 g/mol. The van der Waals surface area contributed by atoms with E-state index < -0.39 is 5.97 Å². The SMILES string of the molecule is COC(=O)/C=C/c1cc(OC)c(OC(=O)C2CCCCC2)c(OC)c1. The molecule has 1 saturated carbocycles. The highest BCUT2D eigenvalue weighted by molar-refractivity contribution is 5.87. The molecule has 2 rings (SSSR count). The largest absolute Gasteiger partial charge is 0.493 e. The van der Waals surface area contributed by atoms with Gasteiger partial charge in [-0.05, 0) is 36.6 Å². The Labute approximate surface area is 147 Å². The third kappa shape index (κ3) is 4.98. The molecule has 25 heavy (non-hydrogen) atoms. The molecule has 0 radical (unpaired) electrons. The molecule has 0 atom stereocenters. The Balaban J connectivity index is 2.25. The molecule has 136 valence electrons. The summed E-state index contributed by atoms with van der Waals surface area (Å²) >= 11 is 0. The molecule has 6 heteroatoms. The van der Waals surface area contributed by atoms with Crippen molar-refractivity contribution in [3.63, 3.8) is 0 Å². The minimum absolute atomic E-state index is 0.0814. The topological polar surface area (TPSA) is 71.1 Å². The van der Waals surface area contributed by atoms with Crippen LogP contribution in [-0.2, 0) is 14.3 Å². The van der Waals surface area contributed by atoms with Crippen LogP contribution >= 0.6 is 0 Å². The third-order valence-electron chi connectivity index (χ3n) is 4.24. The molecule has 0 N–H and O–H groups in total. The van der Waals surface area contributed by atoms with Crippen molar-refractivity contribution >= 4 is 18.0 Å². The van der Waals surface area contributed by atoms with E-state index >= 15 is 0 Å². The number of hydrogen-bond donors (Lipinski definition) is 0. The average Bonchev–Trinajstić information content (AvgIpc) is 2.66. The van der Waals surface area contributed by atoms with Gasteiger partial charge in [-0.3, -0.25) is 4.79 Å². The molecule has 6 nitrogen and oxygen atoms in total. The van der Waals surface area contributed by atoms with E-state index in [1.807, 2.05) is 0 Å². The normalized spacial score (nSPS) is 15.0. The molecular formula is C19H24O6. The van der Waals surface area contributed by atoms with Gasteiger partial charge in [0, 0.05) is 6.08 Å². The van der Waals surface area contributed by atoms with Crippen molar-refractivity contribution in [2.45, 2.75) is 32.1 Å². The van der Waals surface area contributed by atoms with Gasteiger partial charge in [0.25, 0.3) is 0 Å². The molecule has 0 amide bonds. The smallest absolute Gasteiger partial charge is 0.330 e. The van der Waals surface area contributed by atoms with Gasteiger partial charge in [0.1, 0.15) is 0 Å². The Morgan fingerprint density at radius 2 is 1.60 bits per heavy atom. The van der Waals surface area contributed by atoms with Crippen molar-refractivity contribution in [3.8, 4) is 17.2 Å². The minimum Gasteiger partial charge on any atom is -0.493 e. The number of hydrogen-bond acceptors (Lipinski definition) is 6. The van der Waals surface area contributed by atoms with Gasteiger partial charge in [-0.25, -0.2) is 4.79 Å². The predicted octanol–water partition coefficient (Wildman–Crippen LogP) is 3.38. The van der Waals surface area contributed by atoms with Crippen LogP contribution in [0.4, 0.5) is 0 Å². The number of carbonyl (C=O) groups excluding carboxylic acids is 2. The molecule has 1 fully saturated rings. The Hall–Kier alpha value is -2.50. The molecule has 0 aromatic heterocycles. The monoisotopic (exact) mass is 348 g/mol. The molecule has 0 heterocycles. The zero-order valence-electron chi connectivity index (χ0n) is 14.9. The van der Waals surface area contributed by atoms with Gasteiger partial charge in [0.05, 0.1) is 27.2 Å². The van der Waals surface area contributed by atoms with Crippen molar-refractivity contribution in [2.24, 2.45) is 5.92 Å². The van der Waals surface area contributed by atoms with E-state index in [0.29, 0.717) is 17.1 Å². The van der Waals surface area contributed by atoms with Crippen LogP contribution in [-0.4, -0.2) is 33.3 Å². The fourth-order valence-electron chi connectivity index (χ4n) is 2.85. The summed E-state index contributed by atoms with van der Waals surface area (Å²) in [6, 6.07) is 3.34. The second-order valence-corrected chi connectivity index (χ2v) is 5.87. The summed E-state index contributed by atoms with van der Waals surface area (Å²) < 4.78 is 20.9. The number of esters is 2. The lowest BCUT2D eigenvalue weighted by Crippen LogP contribution is -2.23. The molecule has 1 aliphatic carbocycles. The van der Waals surface area contributed by atoms with Gasteiger partial charge in [-0.2, -0.15) is 0 Å². The van der Waals surface area contributed by atoms with Crippen molar-refractivity contribution in [3.05, 3.63) is 23.8 Å². The van der Waals surface area contributed by atoms with Crippen LogP contribution in [0.15, 0.2) is 18.2 Å². The molecule has 1 aromatic rings. The summed E-state index contributed by atoms with van der Waals surface area (Å²) in [4.78, 5) is 23.7. The van der Waals surface area contributed by atoms with Crippen LogP contribution in [0.5, 0.6) is 17.2 Å². The van der Waals surface area contributed by atoms with Crippen LogP contribution in [0.3, 0.4) is 0 Å². The van der Waals surface area contributed by atoms with Crippen LogP contribution in [0.2, 0.25) is 0 Å². The highest BCUT2D eigenvalue weighted by Crippen LogP contribution is 2.40. The Morgan fingerprint density at radius 3 is 2.12 bits per heavy atom. The van der Waals surface area contributed by atoms with E-state index in [9.17, 15) is 9.59 Å². The molecule has 0 bridgehead atoms. The van der Waals surface area contributed by atoms with Gasteiger partial charge in [-0.1, -0.05) is 19.3 Å². The number of ether oxygens (including phenoxy) is 4. The molecule has 0 spiro atoms. The maximum atomic E-state index is 12.4. The van der Waals surface area contributed by atoms with Crippen molar-refractivity contribution < 1.29 is 28.5 Å². The van der Waals surface area contributed by atoms with Gasteiger partial charge >= 0.3 is 11.9 Å². The van der Waals surface area contributed by atoms with Gasteiger partial charge in [0.2, 0.25) is 5.75 Å². The van der Waals surface area contributed by atoms with Gasteiger partial charge < -0.3 is 18.9 Å². The molecule has 0 unspecified atom stereocenters. The number of rotatable bonds is 6. The van der Waals surface area contributed by atoms with Crippen LogP contribution in [0.25, 0.3) is 6.08 Å². The van der Waals surface area contributed by atoms with E-state index in [1.54, 1.807) is 18.2 Å². The van der Waals surface area contributed by atoms with Crippen molar-refractivity contribution in [1.82, 2.24) is 0 Å². The first kappa shape index (κ1) is 18.8. The standard InChI is InChI=1S/C19H24O6/c1-22-15-11-13(9-10-17(20)24-3)12-16(23-2)18(15)25-19(21)14-7-5-4-6-8-14/h9-12,14H,4-8H2,1-3H3/b10-9+. The first-order chi connectivity index (χ1) is 12.1. The highest BCUT2D eigenvalue weighted by atomic mass is 16.6. The summed E-state index contributed by atoms with van der Waals surface area (Å²) in [6.45, 7) is 0. The molecule has 1 aromatic carbocycles. The molecule has 1 aliphatic rings.